The highest BCUT2D eigenvalue weighted by molar-refractivity contribution is 6.30. The molecule has 112 valence electrons. The van der Waals surface area contributed by atoms with E-state index in [0.29, 0.717) is 6.04 Å². The maximum absolute atomic E-state index is 5.98. The van der Waals surface area contributed by atoms with Gasteiger partial charge in [-0.1, -0.05) is 50.4 Å². The Bertz CT molecular complexity index is 387. The molecule has 0 aliphatic heterocycles. The van der Waals surface area contributed by atoms with Crippen LogP contribution in [0.1, 0.15) is 51.5 Å². The second-order valence-corrected chi connectivity index (χ2v) is 6.86. The van der Waals surface area contributed by atoms with Crippen LogP contribution in [0.5, 0.6) is 0 Å². The number of rotatable bonds is 6. The Morgan fingerprint density at radius 2 is 2.00 bits per heavy atom. The van der Waals surface area contributed by atoms with Crippen molar-refractivity contribution in [3.8, 4) is 0 Å². The van der Waals surface area contributed by atoms with Gasteiger partial charge in [-0.25, -0.2) is 0 Å². The third kappa shape index (κ3) is 4.79. The lowest BCUT2D eigenvalue weighted by Gasteiger charge is -2.34. The minimum Gasteiger partial charge on any atom is -0.313 e. The molecule has 1 saturated carbocycles. The van der Waals surface area contributed by atoms with E-state index in [9.17, 15) is 0 Å². The topological polar surface area (TPSA) is 12.0 Å². The summed E-state index contributed by atoms with van der Waals surface area (Å²) >= 11 is 5.98. The van der Waals surface area contributed by atoms with Gasteiger partial charge in [0.2, 0.25) is 0 Å². The molecule has 1 aromatic carbocycles. The first-order valence-corrected chi connectivity index (χ1v) is 8.54. The second kappa shape index (κ2) is 8.05. The van der Waals surface area contributed by atoms with Crippen LogP contribution in [0.15, 0.2) is 24.3 Å². The lowest BCUT2D eigenvalue weighted by atomic mass is 9.77. The van der Waals surface area contributed by atoms with E-state index in [2.05, 4.69) is 31.3 Å². The second-order valence-electron chi connectivity index (χ2n) is 6.42. The molecule has 1 nitrogen and oxygen atoms in total. The summed E-state index contributed by atoms with van der Waals surface area (Å²) in [6.45, 7) is 5.78. The van der Waals surface area contributed by atoms with E-state index in [4.69, 9.17) is 11.6 Å². The number of halogens is 1. The molecule has 0 radical (unpaired) electrons. The highest BCUT2D eigenvalue weighted by Gasteiger charge is 2.26. The molecule has 1 aromatic rings. The molecule has 0 spiro atoms. The van der Waals surface area contributed by atoms with Crippen LogP contribution < -0.4 is 5.32 Å². The Labute approximate surface area is 129 Å². The molecule has 20 heavy (non-hydrogen) atoms. The van der Waals surface area contributed by atoms with Crippen LogP contribution in [0.2, 0.25) is 5.02 Å². The fraction of sp³-hybridized carbons (Fsp3) is 0.667. The molecule has 0 amide bonds. The Morgan fingerprint density at radius 1 is 1.25 bits per heavy atom. The Kier molecular flexibility index (Phi) is 6.38. The van der Waals surface area contributed by atoms with E-state index in [1.165, 1.54) is 37.7 Å². The van der Waals surface area contributed by atoms with Gasteiger partial charge in [0.05, 0.1) is 0 Å². The molecule has 1 fully saturated rings. The van der Waals surface area contributed by atoms with Gasteiger partial charge >= 0.3 is 0 Å². The molecular weight excluding hydrogens is 266 g/mol. The molecule has 3 atom stereocenters. The third-order valence-electron chi connectivity index (χ3n) is 4.57. The smallest absolute Gasteiger partial charge is 0.0406 e. The molecule has 1 aliphatic rings. The van der Waals surface area contributed by atoms with E-state index in [-0.39, 0.29) is 0 Å². The first kappa shape index (κ1) is 15.9. The van der Waals surface area contributed by atoms with Crippen molar-refractivity contribution in [3.63, 3.8) is 0 Å². The van der Waals surface area contributed by atoms with E-state index in [1.54, 1.807) is 0 Å². The van der Waals surface area contributed by atoms with Gasteiger partial charge in [-0.15, -0.1) is 0 Å². The summed E-state index contributed by atoms with van der Waals surface area (Å²) in [5, 5.41) is 4.62. The third-order valence-corrected chi connectivity index (χ3v) is 4.82. The predicted octanol–water partition coefficient (Wildman–Crippen LogP) is 5.08. The van der Waals surface area contributed by atoms with Gasteiger partial charge in [-0.05, 0) is 61.8 Å². The van der Waals surface area contributed by atoms with E-state index in [0.717, 1.165) is 29.8 Å². The zero-order valence-corrected chi connectivity index (χ0v) is 13.6. The lowest BCUT2D eigenvalue weighted by molar-refractivity contribution is 0.221. The summed E-state index contributed by atoms with van der Waals surface area (Å²) in [5.41, 5.74) is 1.40. The van der Waals surface area contributed by atoms with Crippen molar-refractivity contribution in [3.05, 3.63) is 34.9 Å². The van der Waals surface area contributed by atoms with Gasteiger partial charge in [0.15, 0.2) is 0 Å². The molecule has 1 N–H and O–H groups in total. The standard InChI is InChI=1S/C18H28ClN/c1-3-11-20-18(16-6-4-5-14(2)12-16)13-15-7-9-17(19)10-8-15/h7-10,14,16,18,20H,3-6,11-13H2,1-2H3. The molecule has 2 heteroatoms. The molecule has 3 unspecified atom stereocenters. The fourth-order valence-electron chi connectivity index (χ4n) is 3.46. The van der Waals surface area contributed by atoms with Crippen molar-refractivity contribution >= 4 is 11.6 Å². The number of benzene rings is 1. The molecule has 0 heterocycles. The highest BCUT2D eigenvalue weighted by Crippen LogP contribution is 2.32. The zero-order chi connectivity index (χ0) is 14.4. The van der Waals surface area contributed by atoms with Crippen molar-refractivity contribution in [1.82, 2.24) is 5.32 Å². The normalized spacial score (nSPS) is 24.6. The van der Waals surface area contributed by atoms with Gasteiger partial charge in [-0.2, -0.15) is 0 Å². The number of hydrogen-bond donors (Lipinski definition) is 1. The van der Waals surface area contributed by atoms with E-state index < -0.39 is 0 Å². The number of nitrogens with one attached hydrogen (secondary N) is 1. The molecule has 2 rings (SSSR count). The monoisotopic (exact) mass is 293 g/mol. The minimum absolute atomic E-state index is 0.624. The van der Waals surface area contributed by atoms with E-state index in [1.807, 2.05) is 12.1 Å². The SMILES string of the molecule is CCCNC(Cc1ccc(Cl)cc1)C1CCCC(C)C1. The van der Waals surface area contributed by atoms with Gasteiger partial charge in [0, 0.05) is 11.1 Å². The van der Waals surface area contributed by atoms with Crippen LogP contribution in [0.4, 0.5) is 0 Å². The summed E-state index contributed by atoms with van der Waals surface area (Å²) in [6.07, 6.45) is 7.93. The van der Waals surface area contributed by atoms with Crippen molar-refractivity contribution in [2.24, 2.45) is 11.8 Å². The van der Waals surface area contributed by atoms with Crippen LogP contribution in [0.25, 0.3) is 0 Å². The minimum atomic E-state index is 0.624. The Morgan fingerprint density at radius 3 is 2.65 bits per heavy atom. The van der Waals surface area contributed by atoms with Crippen molar-refractivity contribution < 1.29 is 0 Å². The largest absolute Gasteiger partial charge is 0.313 e. The van der Waals surface area contributed by atoms with Crippen molar-refractivity contribution in [1.29, 1.82) is 0 Å². The lowest BCUT2D eigenvalue weighted by Crippen LogP contribution is -2.40. The average Bonchev–Trinajstić information content (AvgIpc) is 2.45. The van der Waals surface area contributed by atoms with Crippen LogP contribution in [-0.2, 0) is 6.42 Å². The first-order valence-electron chi connectivity index (χ1n) is 8.17. The number of hydrogen-bond acceptors (Lipinski definition) is 1. The molecule has 0 bridgehead atoms. The van der Waals surface area contributed by atoms with E-state index >= 15 is 0 Å². The highest BCUT2D eigenvalue weighted by atomic mass is 35.5. The first-order chi connectivity index (χ1) is 9.69. The van der Waals surface area contributed by atoms with Crippen molar-refractivity contribution in [2.75, 3.05) is 6.54 Å². The van der Waals surface area contributed by atoms with Crippen LogP contribution in [0.3, 0.4) is 0 Å². The summed E-state index contributed by atoms with van der Waals surface area (Å²) in [5.74, 6) is 1.73. The van der Waals surface area contributed by atoms with Crippen LogP contribution in [-0.4, -0.2) is 12.6 Å². The van der Waals surface area contributed by atoms with Crippen molar-refractivity contribution in [2.45, 2.75) is 58.4 Å². The Hall–Kier alpha value is -0.530. The average molecular weight is 294 g/mol. The predicted molar refractivity (Wildman–Crippen MR) is 88.4 cm³/mol. The van der Waals surface area contributed by atoms with Gasteiger partial charge in [0.25, 0.3) is 0 Å². The summed E-state index contributed by atoms with van der Waals surface area (Å²) in [7, 11) is 0. The molecule has 0 aromatic heterocycles. The zero-order valence-electron chi connectivity index (χ0n) is 12.9. The summed E-state index contributed by atoms with van der Waals surface area (Å²) in [4.78, 5) is 0. The molecule has 1 aliphatic carbocycles. The van der Waals surface area contributed by atoms with Gasteiger partial charge < -0.3 is 5.32 Å². The van der Waals surface area contributed by atoms with Crippen LogP contribution in [0, 0.1) is 11.8 Å². The summed E-state index contributed by atoms with van der Waals surface area (Å²) in [6, 6.07) is 9.00. The molecular formula is C18H28ClN. The van der Waals surface area contributed by atoms with Gasteiger partial charge in [-0.3, -0.25) is 0 Å². The fourth-order valence-corrected chi connectivity index (χ4v) is 3.58. The Balaban J connectivity index is 2.00. The maximum atomic E-state index is 5.98. The molecule has 0 saturated heterocycles. The van der Waals surface area contributed by atoms with Gasteiger partial charge in [0.1, 0.15) is 0 Å². The quantitative estimate of drug-likeness (QED) is 0.771. The van der Waals surface area contributed by atoms with Crippen LogP contribution >= 0.6 is 11.6 Å². The summed E-state index contributed by atoms with van der Waals surface area (Å²) < 4.78 is 0. The maximum Gasteiger partial charge on any atom is 0.0406 e.